The van der Waals surface area contributed by atoms with E-state index >= 15 is 0 Å². The molecule has 4 aliphatic rings. The zero-order chi connectivity index (χ0) is 31.1. The van der Waals surface area contributed by atoms with Crippen molar-refractivity contribution in [2.24, 2.45) is 29.6 Å². The summed E-state index contributed by atoms with van der Waals surface area (Å²) < 4.78 is 0. The summed E-state index contributed by atoms with van der Waals surface area (Å²) in [7, 11) is -0.0586. The van der Waals surface area contributed by atoms with Gasteiger partial charge in [-0.15, -0.1) is 0 Å². The van der Waals surface area contributed by atoms with Gasteiger partial charge in [0.2, 0.25) is 5.91 Å². The molecule has 1 amide bonds. The van der Waals surface area contributed by atoms with Gasteiger partial charge in [0.25, 0.3) is 0 Å². The molecular weight excluding hydrogens is 609 g/mol. The van der Waals surface area contributed by atoms with Gasteiger partial charge in [-0.2, -0.15) is 0 Å². The third-order valence-electron chi connectivity index (χ3n) is 10.5. The molecule has 1 aliphatic carbocycles. The molecule has 4 rings (SSSR count). The number of carbonyl (C=O) groups is 1. The number of carbonyl (C=O) groups excluding carboxylic acids is 1. The van der Waals surface area contributed by atoms with E-state index in [0.29, 0.717) is 48.2 Å². The Morgan fingerprint density at radius 3 is 2.48 bits per heavy atom. The summed E-state index contributed by atoms with van der Waals surface area (Å²) >= 11 is 3.77. The van der Waals surface area contributed by atoms with Gasteiger partial charge in [-0.25, -0.2) is 5.01 Å². The van der Waals surface area contributed by atoms with Crippen molar-refractivity contribution >= 4 is 38.9 Å². The number of rotatable bonds is 9. The number of likely N-dealkylation sites (tertiary alicyclic amines) is 1. The topological polar surface area (TPSA) is 79.9 Å². The maximum absolute atomic E-state index is 14.2. The van der Waals surface area contributed by atoms with Crippen LogP contribution in [0.2, 0.25) is 0 Å². The fourth-order valence-corrected chi connectivity index (χ4v) is 8.73. The minimum absolute atomic E-state index is 0.0439. The molecule has 11 unspecified atom stereocenters. The summed E-state index contributed by atoms with van der Waals surface area (Å²) in [5.74, 6) is 2.27. The standard InChI is InChI=1S/C29H54BrN5O2.C3H6BS/c1-7-10-21-26-22(8-2)34(29(37)20-16-32-28(30)18(6)27(20)31-9-3)14-13-24(26)35(33-21)23-12-11-19(17(4)5)15-25(23)36;1-3-5(2)4/h17-28,31-33,36H,7-16H2,1-6H3;3H,1H2,2H3/t18?,19?,20?,21?,22-,23?,24?,25?,26?,27?,28?;/m0./s1. The number of aliphatic hydroxyl groups is 1. The third kappa shape index (κ3) is 8.38. The van der Waals surface area contributed by atoms with Gasteiger partial charge in [0.1, 0.15) is 0 Å². The van der Waals surface area contributed by atoms with E-state index in [-0.39, 0.29) is 45.4 Å². The number of aliphatic hydroxyl groups excluding tert-OH is 1. The molecule has 0 aromatic heterocycles. The van der Waals surface area contributed by atoms with Crippen LogP contribution < -0.4 is 16.1 Å². The number of hydrogen-bond donors (Lipinski definition) is 4. The Kier molecular flexibility index (Phi) is 14.7. The number of nitrogens with zero attached hydrogens (tertiary/aromatic N) is 2. The van der Waals surface area contributed by atoms with Gasteiger partial charge in [-0.1, -0.05) is 63.9 Å². The Morgan fingerprint density at radius 2 is 1.93 bits per heavy atom. The van der Waals surface area contributed by atoms with Gasteiger partial charge in [0.05, 0.1) is 23.0 Å². The molecule has 4 fully saturated rings. The van der Waals surface area contributed by atoms with Crippen LogP contribution in [0.4, 0.5) is 0 Å². The van der Waals surface area contributed by atoms with Crippen molar-refractivity contribution in [3.05, 3.63) is 12.0 Å². The Balaban J connectivity index is 0.000000892. The molecule has 10 heteroatoms. The predicted octanol–water partition coefficient (Wildman–Crippen LogP) is 4.82. The van der Waals surface area contributed by atoms with Crippen LogP contribution in [0.25, 0.3) is 0 Å². The van der Waals surface area contributed by atoms with Crippen molar-refractivity contribution in [2.75, 3.05) is 25.9 Å². The number of hydrogen-bond acceptors (Lipinski definition) is 6. The molecule has 1 saturated carbocycles. The van der Waals surface area contributed by atoms with Gasteiger partial charge < -0.3 is 20.6 Å². The van der Waals surface area contributed by atoms with Crippen molar-refractivity contribution in [1.82, 2.24) is 26.0 Å². The number of hydrazine groups is 1. The van der Waals surface area contributed by atoms with Gasteiger partial charge in [-0.3, -0.25) is 10.2 Å². The van der Waals surface area contributed by atoms with Crippen LogP contribution in [-0.2, 0) is 4.79 Å². The van der Waals surface area contributed by atoms with Gasteiger partial charge >= 0.3 is 35.3 Å². The zero-order valence-electron chi connectivity index (χ0n) is 27.4. The molecule has 4 N–H and O–H groups in total. The predicted molar refractivity (Wildman–Crippen MR) is 184 cm³/mol. The number of fused-ring (bicyclic) bond motifs is 1. The Hall–Kier alpha value is -0.0951. The second-order valence-corrected chi connectivity index (χ2v) is 16.0. The molecule has 42 heavy (non-hydrogen) atoms. The number of alkyl halides is 1. The number of amides is 1. The first-order valence-electron chi connectivity index (χ1n) is 16.7. The zero-order valence-corrected chi connectivity index (χ0v) is 29.8. The molecule has 7 nitrogen and oxygen atoms in total. The molecule has 0 aromatic carbocycles. The first kappa shape index (κ1) is 36.4. The van der Waals surface area contributed by atoms with Crippen LogP contribution in [0.15, 0.2) is 12.0 Å². The molecule has 3 aliphatic heterocycles. The number of nitrogens with one attached hydrogen (secondary N) is 3. The van der Waals surface area contributed by atoms with E-state index in [9.17, 15) is 9.90 Å². The van der Waals surface area contributed by atoms with Crippen LogP contribution in [-0.4, -0.2) is 94.8 Å². The second kappa shape index (κ2) is 17.0. The van der Waals surface area contributed by atoms with Crippen molar-refractivity contribution in [3.8, 4) is 0 Å². The average Bonchev–Trinajstić information content (AvgIpc) is 3.33. The molecule has 3 heterocycles. The summed E-state index contributed by atoms with van der Waals surface area (Å²) in [5.41, 5.74) is 3.93. The van der Waals surface area contributed by atoms with E-state index in [1.807, 2.05) is 6.26 Å². The van der Waals surface area contributed by atoms with Crippen LogP contribution in [0.3, 0.4) is 0 Å². The van der Waals surface area contributed by atoms with Crippen LogP contribution in [0, 0.1) is 29.6 Å². The first-order valence-corrected chi connectivity index (χ1v) is 19.3. The van der Waals surface area contributed by atoms with Crippen molar-refractivity contribution in [1.29, 1.82) is 0 Å². The molecule has 3 saturated heterocycles. The molecule has 241 valence electrons. The quantitative estimate of drug-likeness (QED) is 0.160. The summed E-state index contributed by atoms with van der Waals surface area (Å²) in [6.07, 6.45) is 9.00. The van der Waals surface area contributed by atoms with Crippen molar-refractivity contribution < 1.29 is 9.90 Å². The van der Waals surface area contributed by atoms with Crippen LogP contribution >= 0.6 is 26.3 Å². The van der Waals surface area contributed by atoms with Gasteiger partial charge in [0, 0.05) is 43.2 Å². The van der Waals surface area contributed by atoms with Crippen LogP contribution in [0.1, 0.15) is 86.5 Å². The van der Waals surface area contributed by atoms with E-state index in [0.717, 1.165) is 51.6 Å². The van der Waals surface area contributed by atoms with E-state index in [4.69, 9.17) is 6.72 Å². The number of piperidine rings is 2. The Morgan fingerprint density at radius 1 is 1.24 bits per heavy atom. The Labute approximate surface area is 269 Å². The molecule has 0 bridgehead atoms. The Bertz CT molecular complexity index is 899. The molecular formula is C32H60BBrN5O2S. The monoisotopic (exact) mass is 668 g/mol. The minimum atomic E-state index is -0.276. The summed E-state index contributed by atoms with van der Waals surface area (Å²) in [5, 5.41) is 22.6. The van der Waals surface area contributed by atoms with E-state index < -0.39 is 0 Å². The maximum atomic E-state index is 14.2. The van der Waals surface area contributed by atoms with Gasteiger partial charge in [0.15, 0.2) is 0 Å². The van der Waals surface area contributed by atoms with Crippen LogP contribution in [0.5, 0.6) is 0 Å². The molecule has 12 atom stereocenters. The second-order valence-electron chi connectivity index (χ2n) is 13.5. The van der Waals surface area contributed by atoms with E-state index in [2.05, 4.69) is 90.0 Å². The van der Waals surface area contributed by atoms with Gasteiger partial charge in [-0.05, 0) is 62.8 Å². The molecule has 0 spiro atoms. The summed E-state index contributed by atoms with van der Waals surface area (Å²) in [6, 6.07) is 1.35. The fraction of sp³-hybridized carbons (Fsp3) is 0.906. The van der Waals surface area contributed by atoms with E-state index in [1.165, 1.54) is 6.42 Å². The average molecular weight is 670 g/mol. The van der Waals surface area contributed by atoms with Crippen molar-refractivity contribution in [2.45, 2.75) is 128 Å². The number of halogens is 1. The SMILES string of the molecule is CCCC1NN(C2CCC(C(C)C)CC2O)C2CCN(C(=O)C3CNC(Br)C(C)C3NCC)[C@@H](CC)C12.[B]=S(C)C=C. The fourth-order valence-electron chi connectivity index (χ4n) is 8.21. The van der Waals surface area contributed by atoms with E-state index in [1.54, 1.807) is 5.41 Å². The summed E-state index contributed by atoms with van der Waals surface area (Å²) in [6.45, 7) is 24.5. The molecule has 1 radical (unpaired) electrons. The normalized spacial score (nSPS) is 39.7. The summed E-state index contributed by atoms with van der Waals surface area (Å²) in [4.78, 5) is 16.7. The molecule has 0 aromatic rings. The first-order chi connectivity index (χ1) is 20.0. The van der Waals surface area contributed by atoms with Crippen molar-refractivity contribution in [3.63, 3.8) is 0 Å². The third-order valence-corrected chi connectivity index (χ3v) is 12.2.